The smallest absolute Gasteiger partial charge is 0.356 e. The summed E-state index contributed by atoms with van der Waals surface area (Å²) in [5.74, 6) is -0.398. The number of thiazole rings is 1. The van der Waals surface area contributed by atoms with E-state index < -0.39 is 5.97 Å². The Hall–Kier alpha value is -2.27. The maximum Gasteiger partial charge on any atom is 0.356 e. The number of esters is 1. The number of aromatic nitrogens is 2. The van der Waals surface area contributed by atoms with Crippen LogP contribution in [0.25, 0.3) is 20.8 Å². The third kappa shape index (κ3) is 2.78. The Morgan fingerprint density at radius 2 is 2.05 bits per heavy atom. The molecule has 2 aromatic heterocycles. The Morgan fingerprint density at radius 3 is 2.76 bits per heavy atom. The topological polar surface area (TPSA) is 52.1 Å². The van der Waals surface area contributed by atoms with Crippen LogP contribution in [0.4, 0.5) is 0 Å². The van der Waals surface area contributed by atoms with Gasteiger partial charge in [-0.2, -0.15) is 0 Å². The van der Waals surface area contributed by atoms with Crippen molar-refractivity contribution in [1.29, 1.82) is 0 Å². The molecular formula is C16H14N2O2S. The monoisotopic (exact) mass is 298 g/mol. The van der Waals surface area contributed by atoms with E-state index in [9.17, 15) is 4.79 Å². The Labute approximate surface area is 126 Å². The van der Waals surface area contributed by atoms with Gasteiger partial charge in [-0.15, -0.1) is 11.3 Å². The van der Waals surface area contributed by atoms with Gasteiger partial charge in [0.2, 0.25) is 0 Å². The molecule has 1 aromatic carbocycles. The molecule has 106 valence electrons. The molecule has 3 rings (SSSR count). The summed E-state index contributed by atoms with van der Waals surface area (Å²) >= 11 is 1.55. The maximum atomic E-state index is 11.7. The summed E-state index contributed by atoms with van der Waals surface area (Å²) in [6.45, 7) is 4.17. The molecule has 0 N–H and O–H groups in total. The predicted molar refractivity (Wildman–Crippen MR) is 83.5 cm³/mol. The fraction of sp³-hybridized carbons (Fsp3) is 0.188. The highest BCUT2D eigenvalue weighted by molar-refractivity contribution is 7.21. The fourth-order valence-corrected chi connectivity index (χ4v) is 2.95. The van der Waals surface area contributed by atoms with Crippen molar-refractivity contribution in [3.05, 3.63) is 47.8 Å². The molecule has 0 amide bonds. The van der Waals surface area contributed by atoms with Gasteiger partial charge in [-0.1, -0.05) is 29.8 Å². The number of benzene rings is 1. The van der Waals surface area contributed by atoms with Gasteiger partial charge in [-0.05, 0) is 19.9 Å². The number of carbonyl (C=O) groups is 1. The first-order valence-corrected chi connectivity index (χ1v) is 7.50. The lowest BCUT2D eigenvalue weighted by Crippen LogP contribution is -2.06. The molecule has 0 aliphatic carbocycles. The number of hydrogen-bond acceptors (Lipinski definition) is 5. The summed E-state index contributed by atoms with van der Waals surface area (Å²) in [5, 5.41) is 0.924. The number of ether oxygens (including phenoxy) is 1. The molecule has 0 saturated carbocycles. The number of pyridine rings is 1. The summed E-state index contributed by atoms with van der Waals surface area (Å²) in [4.78, 5) is 20.4. The van der Waals surface area contributed by atoms with Crippen LogP contribution in [0.1, 0.15) is 23.0 Å². The quantitative estimate of drug-likeness (QED) is 0.689. The van der Waals surface area contributed by atoms with Gasteiger partial charge in [0.25, 0.3) is 0 Å². The van der Waals surface area contributed by atoms with E-state index in [4.69, 9.17) is 4.74 Å². The first-order valence-electron chi connectivity index (χ1n) is 6.68. The van der Waals surface area contributed by atoms with E-state index in [2.05, 4.69) is 29.0 Å². The van der Waals surface area contributed by atoms with Gasteiger partial charge in [0.15, 0.2) is 0 Å². The highest BCUT2D eigenvalue weighted by atomic mass is 32.1. The molecular weight excluding hydrogens is 284 g/mol. The fourth-order valence-electron chi connectivity index (χ4n) is 1.97. The third-order valence-electron chi connectivity index (χ3n) is 3.06. The molecule has 0 aliphatic heterocycles. The summed E-state index contributed by atoms with van der Waals surface area (Å²) in [6, 6.07) is 9.95. The molecule has 2 heterocycles. The molecule has 0 unspecified atom stereocenters. The highest BCUT2D eigenvalue weighted by Crippen LogP contribution is 2.30. The van der Waals surface area contributed by atoms with E-state index in [0.29, 0.717) is 12.3 Å². The van der Waals surface area contributed by atoms with Gasteiger partial charge in [0.05, 0.1) is 17.5 Å². The van der Waals surface area contributed by atoms with E-state index in [0.717, 1.165) is 20.8 Å². The summed E-state index contributed by atoms with van der Waals surface area (Å²) in [7, 11) is 0. The average molecular weight is 298 g/mol. The minimum absolute atomic E-state index is 0.323. The van der Waals surface area contributed by atoms with Gasteiger partial charge in [0, 0.05) is 5.56 Å². The van der Waals surface area contributed by atoms with Crippen LogP contribution in [0.15, 0.2) is 36.5 Å². The molecule has 0 spiro atoms. The minimum atomic E-state index is -0.398. The molecule has 21 heavy (non-hydrogen) atoms. The number of rotatable bonds is 3. The Kier molecular flexibility index (Phi) is 3.66. The summed E-state index contributed by atoms with van der Waals surface area (Å²) in [5.41, 5.74) is 3.40. The van der Waals surface area contributed by atoms with Crippen molar-refractivity contribution >= 4 is 27.5 Å². The maximum absolute atomic E-state index is 11.7. The lowest BCUT2D eigenvalue weighted by Gasteiger charge is -1.99. The number of carbonyl (C=O) groups excluding carboxylic acids is 1. The van der Waals surface area contributed by atoms with Gasteiger partial charge < -0.3 is 4.74 Å². The average Bonchev–Trinajstić information content (AvgIpc) is 2.91. The zero-order chi connectivity index (χ0) is 14.8. The molecule has 0 aliphatic rings. The van der Waals surface area contributed by atoms with E-state index in [1.165, 1.54) is 5.56 Å². The number of nitrogens with zero attached hydrogens (tertiary/aromatic N) is 2. The minimum Gasteiger partial charge on any atom is -0.461 e. The van der Waals surface area contributed by atoms with Gasteiger partial charge in [-0.3, -0.25) is 0 Å². The predicted octanol–water partition coefficient (Wildman–Crippen LogP) is 3.84. The Bertz CT molecular complexity index is 794. The second-order valence-electron chi connectivity index (χ2n) is 4.64. The van der Waals surface area contributed by atoms with Crippen molar-refractivity contribution in [2.75, 3.05) is 6.61 Å². The second-order valence-corrected chi connectivity index (χ2v) is 5.67. The van der Waals surface area contributed by atoms with Crippen LogP contribution in [-0.4, -0.2) is 22.5 Å². The SMILES string of the molecule is CCOC(=O)c1cc2sc(-c3ccc(C)cc3)nc2cn1. The van der Waals surface area contributed by atoms with Crippen LogP contribution in [0.5, 0.6) is 0 Å². The zero-order valence-corrected chi connectivity index (χ0v) is 12.6. The van der Waals surface area contributed by atoms with Gasteiger partial charge in [-0.25, -0.2) is 14.8 Å². The largest absolute Gasteiger partial charge is 0.461 e. The molecule has 0 saturated heterocycles. The van der Waals surface area contributed by atoms with Crippen molar-refractivity contribution in [3.8, 4) is 10.6 Å². The normalized spacial score (nSPS) is 10.8. The van der Waals surface area contributed by atoms with E-state index in [1.54, 1.807) is 30.5 Å². The first kappa shape index (κ1) is 13.7. The van der Waals surface area contributed by atoms with Crippen molar-refractivity contribution in [1.82, 2.24) is 9.97 Å². The van der Waals surface area contributed by atoms with Crippen LogP contribution in [0.2, 0.25) is 0 Å². The van der Waals surface area contributed by atoms with Crippen LogP contribution in [-0.2, 0) is 4.74 Å². The Balaban J connectivity index is 2.00. The first-order chi connectivity index (χ1) is 10.2. The number of fused-ring (bicyclic) bond motifs is 1. The molecule has 4 nitrogen and oxygen atoms in total. The van der Waals surface area contributed by atoms with E-state index in [1.807, 2.05) is 12.1 Å². The third-order valence-corrected chi connectivity index (χ3v) is 4.13. The van der Waals surface area contributed by atoms with Gasteiger partial charge in [0.1, 0.15) is 16.2 Å². The second kappa shape index (κ2) is 5.61. The number of aryl methyl sites for hydroxylation is 1. The highest BCUT2D eigenvalue weighted by Gasteiger charge is 2.12. The Morgan fingerprint density at radius 1 is 1.29 bits per heavy atom. The number of hydrogen-bond donors (Lipinski definition) is 0. The summed E-state index contributed by atoms with van der Waals surface area (Å²) in [6.07, 6.45) is 1.62. The molecule has 0 fully saturated rings. The van der Waals surface area contributed by atoms with Crippen molar-refractivity contribution in [3.63, 3.8) is 0 Å². The lowest BCUT2D eigenvalue weighted by atomic mass is 10.2. The standard InChI is InChI=1S/C16H14N2O2S/c1-3-20-16(19)12-8-14-13(9-17-12)18-15(21-14)11-6-4-10(2)5-7-11/h4-9H,3H2,1-2H3. The van der Waals surface area contributed by atoms with Crippen molar-refractivity contribution in [2.24, 2.45) is 0 Å². The molecule has 0 atom stereocenters. The molecule has 5 heteroatoms. The molecule has 3 aromatic rings. The molecule has 0 bridgehead atoms. The summed E-state index contributed by atoms with van der Waals surface area (Å²) < 4.78 is 5.90. The van der Waals surface area contributed by atoms with Crippen molar-refractivity contribution in [2.45, 2.75) is 13.8 Å². The van der Waals surface area contributed by atoms with Crippen LogP contribution >= 0.6 is 11.3 Å². The zero-order valence-electron chi connectivity index (χ0n) is 11.8. The van der Waals surface area contributed by atoms with Crippen LogP contribution in [0.3, 0.4) is 0 Å². The van der Waals surface area contributed by atoms with Gasteiger partial charge >= 0.3 is 5.97 Å². The van der Waals surface area contributed by atoms with Crippen LogP contribution < -0.4 is 0 Å². The van der Waals surface area contributed by atoms with E-state index >= 15 is 0 Å². The lowest BCUT2D eigenvalue weighted by molar-refractivity contribution is 0.0520. The van der Waals surface area contributed by atoms with Crippen LogP contribution in [0, 0.1) is 6.92 Å². The molecule has 0 radical (unpaired) electrons. The van der Waals surface area contributed by atoms with E-state index in [-0.39, 0.29) is 0 Å². The van der Waals surface area contributed by atoms with Crippen molar-refractivity contribution < 1.29 is 9.53 Å².